The third kappa shape index (κ3) is 6.45. The summed E-state index contributed by atoms with van der Waals surface area (Å²) in [4.78, 5) is 12.6. The van der Waals surface area contributed by atoms with E-state index in [2.05, 4.69) is 21.2 Å². The van der Waals surface area contributed by atoms with Gasteiger partial charge in [0.1, 0.15) is 24.0 Å². The number of hydrogen-bond acceptors (Lipinski definition) is 5. The van der Waals surface area contributed by atoms with Crippen LogP contribution >= 0.6 is 39.1 Å². The summed E-state index contributed by atoms with van der Waals surface area (Å²) in [6, 6.07) is 17.4. The Bertz CT molecular complexity index is 1270. The highest BCUT2D eigenvalue weighted by molar-refractivity contribution is 9.10. The Kier molecular flexibility index (Phi) is 8.83. The summed E-state index contributed by atoms with van der Waals surface area (Å²) in [6.45, 7) is 0.231. The third-order valence-electron chi connectivity index (χ3n) is 4.64. The Balaban J connectivity index is 1.79. The normalized spacial score (nSPS) is 10.9. The summed E-state index contributed by atoms with van der Waals surface area (Å²) in [5.41, 5.74) is 1.87. The molecule has 0 unspecified atom stereocenters. The fraction of sp³-hybridized carbons (Fsp3) is 0.120. The molecule has 0 bridgehead atoms. The number of carbonyl (C=O) groups excluding carboxylic acids is 1. The van der Waals surface area contributed by atoms with Crippen LogP contribution in [-0.2, 0) is 11.4 Å². The Morgan fingerprint density at radius 3 is 2.41 bits per heavy atom. The average Bonchev–Trinajstić information content (AvgIpc) is 2.84. The standard InChI is InChI=1S/C25H19BrCl2N2O4/c1-32-19-6-4-18(5-7-19)30-25(31)17(13-29)9-16-10-20(26)24(23(12-16)33-2)34-14-15-3-8-21(27)22(28)11-15/h3-12H,14H2,1-2H3,(H,30,31)/b17-9-. The van der Waals surface area contributed by atoms with Gasteiger partial charge in [-0.1, -0.05) is 29.3 Å². The van der Waals surface area contributed by atoms with Crippen molar-refractivity contribution in [3.05, 3.63) is 85.8 Å². The van der Waals surface area contributed by atoms with Gasteiger partial charge >= 0.3 is 0 Å². The number of methoxy groups -OCH3 is 2. The van der Waals surface area contributed by atoms with Gasteiger partial charge in [0.15, 0.2) is 11.5 Å². The number of nitrogens with one attached hydrogen (secondary N) is 1. The minimum atomic E-state index is -0.539. The van der Waals surface area contributed by atoms with E-state index in [0.29, 0.717) is 43.0 Å². The number of rotatable bonds is 8. The third-order valence-corrected chi connectivity index (χ3v) is 5.97. The molecule has 3 rings (SSSR count). The first-order chi connectivity index (χ1) is 16.3. The van der Waals surface area contributed by atoms with Crippen molar-refractivity contribution in [1.29, 1.82) is 5.26 Å². The van der Waals surface area contributed by atoms with Gasteiger partial charge in [0, 0.05) is 5.69 Å². The molecule has 174 valence electrons. The molecule has 0 fully saturated rings. The number of amides is 1. The highest BCUT2D eigenvalue weighted by Gasteiger charge is 2.15. The van der Waals surface area contributed by atoms with Crippen LogP contribution in [0.5, 0.6) is 17.2 Å². The molecule has 0 aliphatic rings. The van der Waals surface area contributed by atoms with Gasteiger partial charge in [-0.05, 0) is 81.7 Å². The first-order valence-corrected chi connectivity index (χ1v) is 11.4. The molecule has 6 nitrogen and oxygen atoms in total. The number of halogens is 3. The largest absolute Gasteiger partial charge is 0.497 e. The number of nitrogens with zero attached hydrogens (tertiary/aromatic N) is 1. The van der Waals surface area contributed by atoms with Crippen LogP contribution in [0.2, 0.25) is 10.0 Å². The maximum Gasteiger partial charge on any atom is 0.266 e. The van der Waals surface area contributed by atoms with E-state index in [4.69, 9.17) is 37.4 Å². The molecule has 34 heavy (non-hydrogen) atoms. The quantitative estimate of drug-likeness (QED) is 0.239. The molecule has 3 aromatic rings. The fourth-order valence-corrected chi connectivity index (χ4v) is 3.83. The first kappa shape index (κ1) is 25.4. The molecule has 0 aliphatic carbocycles. The zero-order valence-corrected chi connectivity index (χ0v) is 21.3. The predicted molar refractivity (Wildman–Crippen MR) is 137 cm³/mol. The highest BCUT2D eigenvalue weighted by Crippen LogP contribution is 2.38. The van der Waals surface area contributed by atoms with Crippen molar-refractivity contribution in [2.75, 3.05) is 19.5 Å². The van der Waals surface area contributed by atoms with Gasteiger partial charge in [-0.25, -0.2) is 0 Å². The van der Waals surface area contributed by atoms with Crippen LogP contribution < -0.4 is 19.5 Å². The molecule has 0 radical (unpaired) electrons. The van der Waals surface area contributed by atoms with Crippen LogP contribution in [0, 0.1) is 11.3 Å². The van der Waals surface area contributed by atoms with Crippen molar-refractivity contribution in [2.45, 2.75) is 6.61 Å². The van der Waals surface area contributed by atoms with Gasteiger partial charge in [-0.2, -0.15) is 5.26 Å². The first-order valence-electron chi connectivity index (χ1n) is 9.86. The molecule has 0 heterocycles. The summed E-state index contributed by atoms with van der Waals surface area (Å²) >= 11 is 15.5. The van der Waals surface area contributed by atoms with Gasteiger partial charge in [0.2, 0.25) is 0 Å². The molecule has 0 spiro atoms. The molecule has 3 aromatic carbocycles. The smallest absolute Gasteiger partial charge is 0.266 e. The monoisotopic (exact) mass is 560 g/mol. The van der Waals surface area contributed by atoms with E-state index in [-0.39, 0.29) is 12.2 Å². The number of nitriles is 1. The number of anilines is 1. The molecule has 0 aliphatic heterocycles. The van der Waals surface area contributed by atoms with Crippen LogP contribution in [0.1, 0.15) is 11.1 Å². The molecule has 1 amide bonds. The summed E-state index contributed by atoms with van der Waals surface area (Å²) in [5.74, 6) is 1.01. The average molecular weight is 562 g/mol. The number of carbonyl (C=O) groups is 1. The zero-order valence-electron chi connectivity index (χ0n) is 18.2. The molecule has 1 N–H and O–H groups in total. The van der Waals surface area contributed by atoms with Crippen molar-refractivity contribution in [1.82, 2.24) is 0 Å². The van der Waals surface area contributed by atoms with E-state index in [1.807, 2.05) is 12.1 Å². The van der Waals surface area contributed by atoms with E-state index < -0.39 is 5.91 Å². The summed E-state index contributed by atoms with van der Waals surface area (Å²) < 4.78 is 17.1. The summed E-state index contributed by atoms with van der Waals surface area (Å²) in [6.07, 6.45) is 1.47. The van der Waals surface area contributed by atoms with Gasteiger partial charge in [-0.3, -0.25) is 4.79 Å². The van der Waals surface area contributed by atoms with Gasteiger partial charge in [0.25, 0.3) is 5.91 Å². The van der Waals surface area contributed by atoms with Gasteiger partial charge in [0.05, 0.1) is 28.7 Å². The van der Waals surface area contributed by atoms with Crippen LogP contribution in [0.25, 0.3) is 6.08 Å². The maximum absolute atomic E-state index is 12.6. The fourth-order valence-electron chi connectivity index (χ4n) is 2.94. The SMILES string of the molecule is COc1ccc(NC(=O)/C(C#N)=C\c2cc(Br)c(OCc3ccc(Cl)c(Cl)c3)c(OC)c2)cc1. The minimum Gasteiger partial charge on any atom is -0.497 e. The van der Waals surface area contributed by atoms with Crippen LogP contribution in [-0.4, -0.2) is 20.1 Å². The van der Waals surface area contributed by atoms with Crippen LogP contribution in [0.15, 0.2) is 64.6 Å². The van der Waals surface area contributed by atoms with Crippen molar-refractivity contribution in [2.24, 2.45) is 0 Å². The van der Waals surface area contributed by atoms with Crippen LogP contribution in [0.3, 0.4) is 0 Å². The predicted octanol–water partition coefficient (Wildman–Crippen LogP) is 6.90. The molecule has 9 heteroatoms. The second kappa shape index (κ2) is 11.8. The highest BCUT2D eigenvalue weighted by atomic mass is 79.9. The molecule has 0 atom stereocenters. The van der Waals surface area contributed by atoms with Crippen LogP contribution in [0.4, 0.5) is 5.69 Å². The van der Waals surface area contributed by atoms with Gasteiger partial charge < -0.3 is 19.5 Å². The topological polar surface area (TPSA) is 80.6 Å². The molecular formula is C25H19BrCl2N2O4. The van der Waals surface area contributed by atoms with Crippen molar-refractivity contribution in [3.63, 3.8) is 0 Å². The Hall–Kier alpha value is -3.18. The lowest BCUT2D eigenvalue weighted by Gasteiger charge is -2.14. The van der Waals surface area contributed by atoms with E-state index in [1.165, 1.54) is 13.2 Å². The lowest BCUT2D eigenvalue weighted by molar-refractivity contribution is -0.112. The second-order valence-corrected chi connectivity index (χ2v) is 8.59. The maximum atomic E-state index is 12.6. The van der Waals surface area contributed by atoms with Crippen molar-refractivity contribution >= 4 is 56.8 Å². The lowest BCUT2D eigenvalue weighted by Crippen LogP contribution is -2.13. The van der Waals surface area contributed by atoms with Crippen molar-refractivity contribution in [3.8, 4) is 23.3 Å². The number of benzene rings is 3. The van der Waals surface area contributed by atoms with E-state index >= 15 is 0 Å². The Morgan fingerprint density at radius 2 is 1.79 bits per heavy atom. The molecule has 0 saturated carbocycles. The molecular weight excluding hydrogens is 543 g/mol. The summed E-state index contributed by atoms with van der Waals surface area (Å²) in [7, 11) is 3.06. The minimum absolute atomic E-state index is 0.0748. The molecule has 0 saturated heterocycles. The van der Waals surface area contributed by atoms with Gasteiger partial charge in [-0.15, -0.1) is 0 Å². The summed E-state index contributed by atoms with van der Waals surface area (Å²) in [5, 5.41) is 13.1. The zero-order chi connectivity index (χ0) is 24.7. The van der Waals surface area contributed by atoms with E-state index in [0.717, 1.165) is 5.56 Å². The second-order valence-electron chi connectivity index (χ2n) is 6.92. The van der Waals surface area contributed by atoms with E-state index in [1.54, 1.807) is 55.6 Å². The number of hydrogen-bond donors (Lipinski definition) is 1. The van der Waals surface area contributed by atoms with E-state index in [9.17, 15) is 10.1 Å². The van der Waals surface area contributed by atoms with Crippen molar-refractivity contribution < 1.29 is 19.0 Å². The Labute approximate surface area is 215 Å². The lowest BCUT2D eigenvalue weighted by atomic mass is 10.1. The molecule has 0 aromatic heterocycles. The number of ether oxygens (including phenoxy) is 3. The Morgan fingerprint density at radius 1 is 1.06 bits per heavy atom.